The van der Waals surface area contributed by atoms with Crippen molar-refractivity contribution in [1.29, 1.82) is 0 Å². The topological polar surface area (TPSA) is 65.2 Å². The lowest BCUT2D eigenvalue weighted by molar-refractivity contribution is 0.0279. The minimum atomic E-state index is -1.20. The smallest absolute Gasteiger partial charge is 0.340 e. The van der Waals surface area contributed by atoms with E-state index in [2.05, 4.69) is 10.2 Å². The average Bonchev–Trinajstić information content (AvgIpc) is 3.09. The van der Waals surface area contributed by atoms with Gasteiger partial charge in [-0.2, -0.15) is 0 Å². The highest BCUT2D eigenvalue weighted by Crippen LogP contribution is 2.26. The zero-order valence-electron chi connectivity index (χ0n) is 13.8. The molecule has 0 aliphatic heterocycles. The van der Waals surface area contributed by atoms with Gasteiger partial charge < -0.3 is 9.15 Å². The molecule has 26 heavy (non-hydrogen) atoms. The summed E-state index contributed by atoms with van der Waals surface area (Å²) in [5, 5.41) is 7.51. The standard InChI is InChI=1S/C18H13ClF2N2O3/c1-9-3-5-11(6-4-9)17-23-22-16(26-17)10(2)25-18(24)12-7-14(20)15(21)8-13(12)19/h3-8,10H,1-2H3. The number of aromatic nitrogens is 2. The van der Waals surface area contributed by atoms with E-state index in [9.17, 15) is 13.6 Å². The molecule has 0 saturated heterocycles. The molecule has 0 aliphatic rings. The molecule has 8 heteroatoms. The monoisotopic (exact) mass is 378 g/mol. The van der Waals surface area contributed by atoms with Gasteiger partial charge in [0.25, 0.3) is 5.89 Å². The first-order valence-electron chi connectivity index (χ1n) is 7.61. The van der Waals surface area contributed by atoms with Gasteiger partial charge in [0, 0.05) is 5.56 Å². The Balaban J connectivity index is 1.76. The van der Waals surface area contributed by atoms with E-state index >= 15 is 0 Å². The number of carbonyl (C=O) groups is 1. The van der Waals surface area contributed by atoms with Gasteiger partial charge in [0.15, 0.2) is 17.7 Å². The minimum absolute atomic E-state index is 0.0626. The zero-order chi connectivity index (χ0) is 18.8. The van der Waals surface area contributed by atoms with E-state index in [1.165, 1.54) is 6.92 Å². The fraction of sp³-hybridized carbons (Fsp3) is 0.167. The van der Waals surface area contributed by atoms with Gasteiger partial charge in [0.2, 0.25) is 5.89 Å². The number of aryl methyl sites for hydroxylation is 1. The SMILES string of the molecule is Cc1ccc(-c2nnc(C(C)OC(=O)c3cc(F)c(F)cc3Cl)o2)cc1. The van der Waals surface area contributed by atoms with E-state index in [0.717, 1.165) is 11.1 Å². The summed E-state index contributed by atoms with van der Waals surface area (Å²) >= 11 is 5.76. The third-order valence-corrected chi connectivity index (χ3v) is 3.91. The summed E-state index contributed by atoms with van der Waals surface area (Å²) < 4.78 is 37.1. The number of ether oxygens (including phenoxy) is 1. The summed E-state index contributed by atoms with van der Waals surface area (Å²) in [6.45, 7) is 3.46. The van der Waals surface area contributed by atoms with Gasteiger partial charge >= 0.3 is 5.97 Å². The van der Waals surface area contributed by atoms with Crippen LogP contribution in [0.25, 0.3) is 11.5 Å². The first kappa shape index (κ1) is 18.0. The highest BCUT2D eigenvalue weighted by molar-refractivity contribution is 6.33. The van der Waals surface area contributed by atoms with Gasteiger partial charge in [-0.25, -0.2) is 13.6 Å². The molecule has 1 heterocycles. The normalized spacial score (nSPS) is 12.0. The number of benzene rings is 2. The van der Waals surface area contributed by atoms with E-state index in [1.54, 1.807) is 0 Å². The molecule has 0 spiro atoms. The van der Waals surface area contributed by atoms with Crippen LogP contribution in [0.2, 0.25) is 5.02 Å². The van der Waals surface area contributed by atoms with Crippen LogP contribution in [0.4, 0.5) is 8.78 Å². The van der Waals surface area contributed by atoms with Crippen LogP contribution < -0.4 is 0 Å². The molecule has 1 aromatic heterocycles. The van der Waals surface area contributed by atoms with Crippen molar-refractivity contribution in [2.75, 3.05) is 0 Å². The van der Waals surface area contributed by atoms with Crippen LogP contribution in [0.3, 0.4) is 0 Å². The molecule has 0 aliphatic carbocycles. The summed E-state index contributed by atoms with van der Waals surface area (Å²) in [6, 6.07) is 8.83. The Hall–Kier alpha value is -2.80. The van der Waals surface area contributed by atoms with Crippen LogP contribution in [-0.4, -0.2) is 16.2 Å². The van der Waals surface area contributed by atoms with Crippen LogP contribution in [0.5, 0.6) is 0 Å². The van der Waals surface area contributed by atoms with Crippen LogP contribution in [-0.2, 0) is 4.74 Å². The Kier molecular flexibility index (Phi) is 4.99. The second-order valence-corrected chi connectivity index (χ2v) is 6.01. The maximum atomic E-state index is 13.3. The van der Waals surface area contributed by atoms with E-state index < -0.39 is 23.7 Å². The second kappa shape index (κ2) is 7.21. The Morgan fingerprint density at radius 3 is 2.50 bits per heavy atom. The predicted molar refractivity (Wildman–Crippen MR) is 89.7 cm³/mol. The van der Waals surface area contributed by atoms with Crippen LogP contribution in [0, 0.1) is 18.6 Å². The van der Waals surface area contributed by atoms with Crippen molar-refractivity contribution in [1.82, 2.24) is 10.2 Å². The number of halogens is 3. The van der Waals surface area contributed by atoms with Gasteiger partial charge in [-0.1, -0.05) is 29.3 Å². The Bertz CT molecular complexity index is 958. The Morgan fingerprint density at radius 2 is 1.81 bits per heavy atom. The third-order valence-electron chi connectivity index (χ3n) is 3.60. The van der Waals surface area contributed by atoms with E-state index in [1.807, 2.05) is 31.2 Å². The number of nitrogens with zero attached hydrogens (tertiary/aromatic N) is 2. The Morgan fingerprint density at radius 1 is 1.15 bits per heavy atom. The summed E-state index contributed by atoms with van der Waals surface area (Å²) in [7, 11) is 0. The molecule has 134 valence electrons. The molecule has 3 aromatic rings. The first-order chi connectivity index (χ1) is 12.3. The fourth-order valence-corrected chi connectivity index (χ4v) is 2.39. The van der Waals surface area contributed by atoms with Crippen molar-refractivity contribution in [3.05, 3.63) is 70.1 Å². The largest absolute Gasteiger partial charge is 0.449 e. The van der Waals surface area contributed by atoms with Gasteiger partial charge in [-0.3, -0.25) is 0 Å². The third kappa shape index (κ3) is 3.72. The molecule has 3 rings (SSSR count). The molecule has 5 nitrogen and oxygen atoms in total. The Labute approximate surface area is 152 Å². The van der Waals surface area contributed by atoms with Crippen LogP contribution >= 0.6 is 11.6 Å². The second-order valence-electron chi connectivity index (χ2n) is 5.61. The van der Waals surface area contributed by atoms with Gasteiger partial charge in [0.1, 0.15) is 0 Å². The van der Waals surface area contributed by atoms with Gasteiger partial charge in [-0.05, 0) is 38.1 Å². The molecule has 0 N–H and O–H groups in total. The van der Waals surface area contributed by atoms with Crippen molar-refractivity contribution < 1.29 is 22.7 Å². The lowest BCUT2D eigenvalue weighted by atomic mass is 10.1. The average molecular weight is 379 g/mol. The molecule has 0 radical (unpaired) electrons. The number of hydrogen-bond donors (Lipinski definition) is 0. The van der Waals surface area contributed by atoms with Gasteiger partial charge in [-0.15, -0.1) is 10.2 Å². The zero-order valence-corrected chi connectivity index (χ0v) is 14.6. The molecular formula is C18H13ClF2N2O3. The molecular weight excluding hydrogens is 366 g/mol. The molecule has 2 aromatic carbocycles. The van der Waals surface area contributed by atoms with Crippen LogP contribution in [0.1, 0.15) is 34.8 Å². The van der Waals surface area contributed by atoms with Crippen molar-refractivity contribution >= 4 is 17.6 Å². The highest BCUT2D eigenvalue weighted by atomic mass is 35.5. The molecule has 0 amide bonds. The van der Waals surface area contributed by atoms with Crippen molar-refractivity contribution in [2.24, 2.45) is 0 Å². The molecule has 1 atom stereocenters. The summed E-state index contributed by atoms with van der Waals surface area (Å²) in [5.41, 5.74) is 1.51. The fourth-order valence-electron chi connectivity index (χ4n) is 2.17. The number of hydrogen-bond acceptors (Lipinski definition) is 5. The molecule has 1 unspecified atom stereocenters. The van der Waals surface area contributed by atoms with E-state index in [-0.39, 0.29) is 22.4 Å². The van der Waals surface area contributed by atoms with Crippen molar-refractivity contribution in [2.45, 2.75) is 20.0 Å². The molecule has 0 bridgehead atoms. The number of esters is 1. The summed E-state index contributed by atoms with van der Waals surface area (Å²) in [4.78, 5) is 12.1. The first-order valence-corrected chi connectivity index (χ1v) is 7.99. The quantitative estimate of drug-likeness (QED) is 0.477. The van der Waals surface area contributed by atoms with Gasteiger partial charge in [0.05, 0.1) is 10.6 Å². The summed E-state index contributed by atoms with van der Waals surface area (Å²) in [5.74, 6) is -2.95. The van der Waals surface area contributed by atoms with Crippen molar-refractivity contribution in [3.8, 4) is 11.5 Å². The van der Waals surface area contributed by atoms with E-state index in [4.69, 9.17) is 20.8 Å². The van der Waals surface area contributed by atoms with E-state index in [0.29, 0.717) is 12.1 Å². The highest BCUT2D eigenvalue weighted by Gasteiger charge is 2.22. The van der Waals surface area contributed by atoms with Crippen molar-refractivity contribution in [3.63, 3.8) is 0 Å². The lowest BCUT2D eigenvalue weighted by Crippen LogP contribution is -2.11. The maximum absolute atomic E-state index is 13.3. The maximum Gasteiger partial charge on any atom is 0.340 e. The lowest BCUT2D eigenvalue weighted by Gasteiger charge is -2.10. The molecule has 0 fully saturated rings. The number of rotatable bonds is 4. The minimum Gasteiger partial charge on any atom is -0.449 e. The van der Waals surface area contributed by atoms with Crippen LogP contribution in [0.15, 0.2) is 40.8 Å². The number of carbonyl (C=O) groups excluding carboxylic acids is 1. The molecule has 0 saturated carbocycles. The predicted octanol–water partition coefficient (Wildman–Crippen LogP) is 4.89. The summed E-state index contributed by atoms with van der Waals surface area (Å²) in [6.07, 6.45) is -0.904.